The Hall–Kier alpha value is -2.77. The summed E-state index contributed by atoms with van der Waals surface area (Å²) < 4.78 is 38.1. The quantitative estimate of drug-likeness (QED) is 0.743. The fourth-order valence-electron chi connectivity index (χ4n) is 1.66. The summed E-state index contributed by atoms with van der Waals surface area (Å²) in [6.07, 6.45) is -2.29. The number of alkyl halides is 3. The fraction of sp³-hybridized carbons (Fsp3) is 0.0769. The first-order valence-corrected chi connectivity index (χ1v) is 5.70. The highest BCUT2D eigenvalue weighted by atomic mass is 19.4. The normalized spacial score (nSPS) is 11.2. The van der Waals surface area contributed by atoms with Gasteiger partial charge in [0.15, 0.2) is 0 Å². The second-order valence-electron chi connectivity index (χ2n) is 4.15. The number of anilines is 2. The summed E-state index contributed by atoms with van der Waals surface area (Å²) in [6, 6.07) is 4.25. The van der Waals surface area contributed by atoms with Crippen LogP contribution in [0.15, 0.2) is 36.7 Å². The van der Waals surface area contributed by atoms with E-state index in [0.29, 0.717) is 0 Å². The Morgan fingerprint density at radius 2 is 2.00 bits per heavy atom. The molecule has 1 aromatic carbocycles. The smallest absolute Gasteiger partial charge is 0.418 e. The van der Waals surface area contributed by atoms with Gasteiger partial charge in [0.2, 0.25) is 0 Å². The Bertz CT molecular complexity index is 687. The van der Waals surface area contributed by atoms with E-state index < -0.39 is 23.3 Å². The number of nitrogens with zero attached hydrogens (tertiary/aromatic N) is 1. The largest absolute Gasteiger partial charge is 0.505 e. The highest BCUT2D eigenvalue weighted by Crippen LogP contribution is 2.35. The van der Waals surface area contributed by atoms with Crippen LogP contribution in [0, 0.1) is 0 Å². The van der Waals surface area contributed by atoms with Crippen LogP contribution in [0.3, 0.4) is 0 Å². The van der Waals surface area contributed by atoms with E-state index in [4.69, 9.17) is 5.73 Å². The molecule has 2 rings (SSSR count). The van der Waals surface area contributed by atoms with Crippen LogP contribution < -0.4 is 11.1 Å². The molecule has 1 heterocycles. The highest BCUT2D eigenvalue weighted by Gasteiger charge is 2.33. The van der Waals surface area contributed by atoms with Crippen molar-refractivity contribution in [3.8, 4) is 5.75 Å². The van der Waals surface area contributed by atoms with E-state index in [1.807, 2.05) is 0 Å². The third-order valence-electron chi connectivity index (χ3n) is 2.66. The number of amides is 1. The van der Waals surface area contributed by atoms with Gasteiger partial charge in [0.1, 0.15) is 5.75 Å². The summed E-state index contributed by atoms with van der Waals surface area (Å²) in [6.45, 7) is 0. The second kappa shape index (κ2) is 5.31. The fourth-order valence-corrected chi connectivity index (χ4v) is 1.66. The van der Waals surface area contributed by atoms with Crippen molar-refractivity contribution in [1.29, 1.82) is 0 Å². The lowest BCUT2D eigenvalue weighted by atomic mass is 10.1. The van der Waals surface area contributed by atoms with E-state index in [-0.39, 0.29) is 17.0 Å². The molecule has 0 saturated carbocycles. The number of halogens is 3. The molecule has 5 nitrogen and oxygen atoms in total. The van der Waals surface area contributed by atoms with Crippen molar-refractivity contribution in [2.24, 2.45) is 0 Å². The van der Waals surface area contributed by atoms with Gasteiger partial charge >= 0.3 is 6.18 Å². The van der Waals surface area contributed by atoms with E-state index in [9.17, 15) is 23.1 Å². The molecule has 4 N–H and O–H groups in total. The maximum absolute atomic E-state index is 12.7. The van der Waals surface area contributed by atoms with Gasteiger partial charge in [-0.05, 0) is 24.3 Å². The summed E-state index contributed by atoms with van der Waals surface area (Å²) in [5.41, 5.74) is 3.59. The minimum atomic E-state index is -4.62. The number of pyridine rings is 1. The van der Waals surface area contributed by atoms with E-state index in [0.717, 1.165) is 18.3 Å². The minimum absolute atomic E-state index is 0.0854. The molecule has 0 unspecified atom stereocenters. The van der Waals surface area contributed by atoms with Crippen LogP contribution in [0.25, 0.3) is 0 Å². The maximum Gasteiger partial charge on any atom is 0.418 e. The van der Waals surface area contributed by atoms with Crippen LogP contribution in [0.1, 0.15) is 15.9 Å². The lowest BCUT2D eigenvalue weighted by molar-refractivity contribution is -0.136. The first kappa shape index (κ1) is 14.6. The molecule has 0 aliphatic heterocycles. The number of benzene rings is 1. The molecule has 0 aliphatic rings. The van der Waals surface area contributed by atoms with Crippen LogP contribution in [0.5, 0.6) is 5.75 Å². The lowest BCUT2D eigenvalue weighted by Crippen LogP contribution is -2.14. The average Bonchev–Trinajstić information content (AvgIpc) is 2.40. The van der Waals surface area contributed by atoms with E-state index in [1.54, 1.807) is 0 Å². The molecule has 110 valence electrons. The number of nitrogen functional groups attached to an aromatic ring is 1. The predicted molar refractivity (Wildman–Crippen MR) is 69.7 cm³/mol. The predicted octanol–water partition coefficient (Wildman–Crippen LogP) is 2.64. The van der Waals surface area contributed by atoms with Gasteiger partial charge in [0.05, 0.1) is 17.3 Å². The number of nitrogens with two attached hydrogens (primary N) is 1. The molecule has 0 atom stereocenters. The lowest BCUT2D eigenvalue weighted by Gasteiger charge is -2.12. The zero-order chi connectivity index (χ0) is 15.6. The Balaban J connectivity index is 2.29. The summed E-state index contributed by atoms with van der Waals surface area (Å²) >= 11 is 0. The first-order valence-electron chi connectivity index (χ1n) is 5.70. The number of carbonyl (C=O) groups excluding carboxylic acids is 1. The molecule has 1 aromatic heterocycles. The van der Waals surface area contributed by atoms with Crippen molar-refractivity contribution < 1.29 is 23.1 Å². The van der Waals surface area contributed by atoms with Crippen molar-refractivity contribution in [2.45, 2.75) is 6.18 Å². The molecule has 2 aromatic rings. The van der Waals surface area contributed by atoms with Gasteiger partial charge in [-0.3, -0.25) is 9.78 Å². The second-order valence-corrected chi connectivity index (χ2v) is 4.15. The van der Waals surface area contributed by atoms with Crippen LogP contribution in [0.4, 0.5) is 24.5 Å². The molecule has 0 spiro atoms. The van der Waals surface area contributed by atoms with E-state index >= 15 is 0 Å². The number of aromatic hydroxyl groups is 1. The van der Waals surface area contributed by atoms with Gasteiger partial charge in [0.25, 0.3) is 5.91 Å². The van der Waals surface area contributed by atoms with Gasteiger partial charge in [-0.15, -0.1) is 0 Å². The average molecular weight is 297 g/mol. The number of carbonyl (C=O) groups is 1. The zero-order valence-corrected chi connectivity index (χ0v) is 10.5. The van der Waals surface area contributed by atoms with Crippen molar-refractivity contribution in [3.05, 3.63) is 47.8 Å². The molecular formula is C13H10F3N3O2. The molecule has 8 heteroatoms. The number of hydrogen-bond donors (Lipinski definition) is 3. The van der Waals surface area contributed by atoms with E-state index in [2.05, 4.69) is 10.3 Å². The number of aromatic nitrogens is 1. The molecular weight excluding hydrogens is 287 g/mol. The summed E-state index contributed by atoms with van der Waals surface area (Å²) in [7, 11) is 0. The van der Waals surface area contributed by atoms with Crippen molar-refractivity contribution in [3.63, 3.8) is 0 Å². The van der Waals surface area contributed by atoms with Gasteiger partial charge < -0.3 is 16.2 Å². The standard InChI is InChI=1S/C13H10F3N3O2/c14-13(15,16)9-5-7(1-2-10(9)17)19-12(21)8-3-4-18-6-11(8)20/h1-6,20H,17H2,(H,19,21). The maximum atomic E-state index is 12.7. The van der Waals surface area contributed by atoms with Crippen molar-refractivity contribution >= 4 is 17.3 Å². The van der Waals surface area contributed by atoms with Gasteiger partial charge in [-0.2, -0.15) is 13.2 Å². The molecule has 0 saturated heterocycles. The molecule has 0 bridgehead atoms. The Labute approximate surface area is 117 Å². The number of nitrogens with one attached hydrogen (secondary N) is 1. The van der Waals surface area contributed by atoms with Crippen LogP contribution in [0.2, 0.25) is 0 Å². The summed E-state index contributed by atoms with van der Waals surface area (Å²) in [4.78, 5) is 15.5. The van der Waals surface area contributed by atoms with Gasteiger partial charge in [0, 0.05) is 17.6 Å². The molecule has 21 heavy (non-hydrogen) atoms. The van der Waals surface area contributed by atoms with Crippen molar-refractivity contribution in [1.82, 2.24) is 4.98 Å². The van der Waals surface area contributed by atoms with Crippen LogP contribution in [-0.2, 0) is 6.18 Å². The highest BCUT2D eigenvalue weighted by molar-refractivity contribution is 6.06. The number of hydrogen-bond acceptors (Lipinski definition) is 4. The summed E-state index contributed by atoms with van der Waals surface area (Å²) in [5, 5.41) is 11.7. The molecule has 0 fully saturated rings. The SMILES string of the molecule is Nc1ccc(NC(=O)c2ccncc2O)cc1C(F)(F)F. The monoisotopic (exact) mass is 297 g/mol. The summed E-state index contributed by atoms with van der Waals surface area (Å²) in [5.74, 6) is -1.13. The van der Waals surface area contributed by atoms with Crippen LogP contribution in [-0.4, -0.2) is 16.0 Å². The third kappa shape index (κ3) is 3.22. The van der Waals surface area contributed by atoms with Crippen LogP contribution >= 0.6 is 0 Å². The van der Waals surface area contributed by atoms with Gasteiger partial charge in [-0.25, -0.2) is 0 Å². The molecule has 0 aliphatic carbocycles. The van der Waals surface area contributed by atoms with Crippen molar-refractivity contribution in [2.75, 3.05) is 11.1 Å². The third-order valence-corrected chi connectivity index (χ3v) is 2.66. The first-order chi connectivity index (χ1) is 9.79. The Kier molecular flexibility index (Phi) is 3.70. The molecule has 0 radical (unpaired) electrons. The van der Waals surface area contributed by atoms with Gasteiger partial charge in [-0.1, -0.05) is 0 Å². The number of rotatable bonds is 2. The zero-order valence-electron chi connectivity index (χ0n) is 10.5. The molecule has 1 amide bonds. The van der Waals surface area contributed by atoms with E-state index in [1.165, 1.54) is 18.3 Å². The Morgan fingerprint density at radius 1 is 1.29 bits per heavy atom. The Morgan fingerprint density at radius 3 is 2.62 bits per heavy atom. The minimum Gasteiger partial charge on any atom is -0.505 e. The topological polar surface area (TPSA) is 88.2 Å².